The summed E-state index contributed by atoms with van der Waals surface area (Å²) in [7, 11) is 0. The molecule has 1 heterocycles. The van der Waals surface area contributed by atoms with Crippen LogP contribution in [0.5, 0.6) is 0 Å². The maximum Gasteiger partial charge on any atom is 0.223 e. The van der Waals surface area contributed by atoms with Gasteiger partial charge in [-0.15, -0.1) is 11.3 Å². The van der Waals surface area contributed by atoms with E-state index in [1.165, 1.54) is 4.88 Å². The molecule has 1 aromatic rings. The Labute approximate surface area is 123 Å². The first-order valence-corrected chi connectivity index (χ1v) is 8.10. The highest BCUT2D eigenvalue weighted by atomic mass is 35.5. The zero-order valence-electron chi connectivity index (χ0n) is 11.0. The lowest BCUT2D eigenvalue weighted by atomic mass is 9.81. The minimum absolute atomic E-state index is 0.190. The summed E-state index contributed by atoms with van der Waals surface area (Å²) in [5.41, 5.74) is 5.66. The van der Waals surface area contributed by atoms with Gasteiger partial charge < -0.3 is 11.1 Å². The van der Waals surface area contributed by atoms with Crippen molar-refractivity contribution in [1.82, 2.24) is 5.32 Å². The first-order chi connectivity index (χ1) is 9.19. The Kier molecular flexibility index (Phi) is 5.67. The number of rotatable bonds is 5. The van der Waals surface area contributed by atoms with Gasteiger partial charge in [0.05, 0.1) is 4.34 Å². The van der Waals surface area contributed by atoms with Crippen LogP contribution in [0.1, 0.15) is 30.6 Å². The van der Waals surface area contributed by atoms with Crippen LogP contribution in [0.4, 0.5) is 0 Å². The van der Waals surface area contributed by atoms with E-state index < -0.39 is 0 Å². The molecule has 3 N–H and O–H groups in total. The van der Waals surface area contributed by atoms with Gasteiger partial charge in [-0.3, -0.25) is 4.79 Å². The van der Waals surface area contributed by atoms with Crippen LogP contribution in [-0.2, 0) is 11.2 Å². The second-order valence-electron chi connectivity index (χ2n) is 5.20. The molecule has 1 aromatic heterocycles. The molecule has 0 atom stereocenters. The Bertz CT molecular complexity index is 413. The van der Waals surface area contributed by atoms with Crippen LogP contribution < -0.4 is 11.1 Å². The van der Waals surface area contributed by atoms with Gasteiger partial charge in [0, 0.05) is 17.3 Å². The number of nitrogens with two attached hydrogens (primary N) is 1. The van der Waals surface area contributed by atoms with Crippen molar-refractivity contribution < 1.29 is 4.79 Å². The Morgan fingerprint density at radius 1 is 1.37 bits per heavy atom. The largest absolute Gasteiger partial charge is 0.356 e. The monoisotopic (exact) mass is 300 g/mol. The van der Waals surface area contributed by atoms with Crippen LogP contribution in [0.25, 0.3) is 0 Å². The number of hydrogen-bond donors (Lipinski definition) is 2. The van der Waals surface area contributed by atoms with E-state index in [0.29, 0.717) is 12.5 Å². The van der Waals surface area contributed by atoms with E-state index in [9.17, 15) is 4.79 Å². The fourth-order valence-corrected chi connectivity index (χ4v) is 3.69. The maximum atomic E-state index is 12.0. The summed E-state index contributed by atoms with van der Waals surface area (Å²) >= 11 is 7.45. The minimum Gasteiger partial charge on any atom is -0.356 e. The summed E-state index contributed by atoms with van der Waals surface area (Å²) in [5.74, 6) is 1.02. The molecule has 1 saturated carbocycles. The van der Waals surface area contributed by atoms with Crippen LogP contribution in [0, 0.1) is 11.8 Å². The number of hydrogen-bond acceptors (Lipinski definition) is 3. The molecule has 1 amide bonds. The average molecular weight is 301 g/mol. The van der Waals surface area contributed by atoms with Crippen LogP contribution in [0.3, 0.4) is 0 Å². The van der Waals surface area contributed by atoms with Crippen molar-refractivity contribution in [3.63, 3.8) is 0 Å². The molecule has 0 spiro atoms. The van der Waals surface area contributed by atoms with E-state index in [1.807, 2.05) is 12.1 Å². The number of nitrogens with one attached hydrogen (secondary N) is 1. The standard InChI is InChI=1S/C14H21ClN2OS/c15-13-6-5-12(19-13)7-8-17-14(18)11-3-1-10(9-16)2-4-11/h5-6,10-11H,1-4,7-9,16H2,(H,17,18). The Balaban J connectivity index is 1.67. The third kappa shape index (κ3) is 4.48. The van der Waals surface area contributed by atoms with Crippen molar-refractivity contribution in [2.24, 2.45) is 17.6 Å². The summed E-state index contributed by atoms with van der Waals surface area (Å²) in [4.78, 5) is 13.2. The average Bonchev–Trinajstić information content (AvgIpc) is 2.84. The Hall–Kier alpha value is -0.580. The third-order valence-corrected chi connectivity index (χ3v) is 5.14. The second kappa shape index (κ2) is 7.27. The first-order valence-electron chi connectivity index (χ1n) is 6.91. The van der Waals surface area contributed by atoms with E-state index >= 15 is 0 Å². The summed E-state index contributed by atoms with van der Waals surface area (Å²) in [5, 5.41) is 3.04. The first kappa shape index (κ1) is 14.8. The molecule has 106 valence electrons. The fraction of sp³-hybridized carbons (Fsp3) is 0.643. The second-order valence-corrected chi connectivity index (χ2v) is 7.00. The van der Waals surface area contributed by atoms with Crippen molar-refractivity contribution in [3.05, 3.63) is 21.3 Å². The highest BCUT2D eigenvalue weighted by molar-refractivity contribution is 7.16. The molecule has 3 nitrogen and oxygen atoms in total. The van der Waals surface area contributed by atoms with Crippen molar-refractivity contribution in [2.45, 2.75) is 32.1 Å². The molecular formula is C14H21ClN2OS. The lowest BCUT2D eigenvalue weighted by Gasteiger charge is -2.26. The van der Waals surface area contributed by atoms with E-state index in [-0.39, 0.29) is 11.8 Å². The van der Waals surface area contributed by atoms with Crippen LogP contribution in [-0.4, -0.2) is 19.0 Å². The van der Waals surface area contributed by atoms with Crippen LogP contribution in [0.15, 0.2) is 12.1 Å². The van der Waals surface area contributed by atoms with Gasteiger partial charge >= 0.3 is 0 Å². The molecule has 1 aliphatic rings. The third-order valence-electron chi connectivity index (χ3n) is 3.85. The zero-order chi connectivity index (χ0) is 13.7. The maximum absolute atomic E-state index is 12.0. The molecule has 0 aliphatic heterocycles. The topological polar surface area (TPSA) is 55.1 Å². The number of amides is 1. The summed E-state index contributed by atoms with van der Waals surface area (Å²) < 4.78 is 0.807. The summed E-state index contributed by atoms with van der Waals surface area (Å²) in [6.07, 6.45) is 5.02. The van der Waals surface area contributed by atoms with Gasteiger partial charge in [0.25, 0.3) is 0 Å². The van der Waals surface area contributed by atoms with Crippen molar-refractivity contribution in [1.29, 1.82) is 0 Å². The van der Waals surface area contributed by atoms with Crippen molar-refractivity contribution >= 4 is 28.8 Å². The van der Waals surface area contributed by atoms with Gasteiger partial charge in [-0.1, -0.05) is 11.6 Å². The summed E-state index contributed by atoms with van der Waals surface area (Å²) in [6.45, 7) is 1.46. The van der Waals surface area contributed by atoms with Gasteiger partial charge in [0.1, 0.15) is 0 Å². The normalized spacial score (nSPS) is 23.3. The summed E-state index contributed by atoms with van der Waals surface area (Å²) in [6, 6.07) is 3.92. The Morgan fingerprint density at radius 3 is 2.68 bits per heavy atom. The molecule has 1 fully saturated rings. The molecule has 0 unspecified atom stereocenters. The highest BCUT2D eigenvalue weighted by Crippen LogP contribution is 2.28. The predicted octanol–water partition coefficient (Wildman–Crippen LogP) is 2.83. The van der Waals surface area contributed by atoms with Gasteiger partial charge in [0.2, 0.25) is 5.91 Å². The van der Waals surface area contributed by atoms with E-state index in [2.05, 4.69) is 5.32 Å². The molecule has 0 aromatic carbocycles. The smallest absolute Gasteiger partial charge is 0.223 e. The predicted molar refractivity (Wildman–Crippen MR) is 80.5 cm³/mol. The van der Waals surface area contributed by atoms with Crippen LogP contribution >= 0.6 is 22.9 Å². The number of carbonyl (C=O) groups is 1. The molecule has 5 heteroatoms. The molecule has 0 saturated heterocycles. The van der Waals surface area contributed by atoms with Gasteiger partial charge in [-0.2, -0.15) is 0 Å². The van der Waals surface area contributed by atoms with E-state index in [0.717, 1.165) is 43.0 Å². The lowest BCUT2D eigenvalue weighted by Crippen LogP contribution is -2.35. The molecule has 19 heavy (non-hydrogen) atoms. The number of carbonyl (C=O) groups excluding carboxylic acids is 1. The van der Waals surface area contributed by atoms with Crippen LogP contribution in [0.2, 0.25) is 4.34 Å². The minimum atomic E-state index is 0.190. The fourth-order valence-electron chi connectivity index (χ4n) is 2.60. The highest BCUT2D eigenvalue weighted by Gasteiger charge is 2.25. The molecule has 0 radical (unpaired) electrons. The molecule has 1 aliphatic carbocycles. The molecule has 0 bridgehead atoms. The van der Waals surface area contributed by atoms with E-state index in [1.54, 1.807) is 11.3 Å². The van der Waals surface area contributed by atoms with Crippen molar-refractivity contribution in [3.8, 4) is 0 Å². The Morgan fingerprint density at radius 2 is 2.11 bits per heavy atom. The zero-order valence-corrected chi connectivity index (χ0v) is 12.6. The van der Waals surface area contributed by atoms with Crippen molar-refractivity contribution in [2.75, 3.05) is 13.1 Å². The number of thiophene rings is 1. The number of halogens is 1. The van der Waals surface area contributed by atoms with E-state index in [4.69, 9.17) is 17.3 Å². The van der Waals surface area contributed by atoms with Gasteiger partial charge in [-0.05, 0) is 56.7 Å². The van der Waals surface area contributed by atoms with Gasteiger partial charge in [-0.25, -0.2) is 0 Å². The van der Waals surface area contributed by atoms with Gasteiger partial charge in [0.15, 0.2) is 0 Å². The quantitative estimate of drug-likeness (QED) is 0.878. The lowest BCUT2D eigenvalue weighted by molar-refractivity contribution is -0.126. The molecule has 2 rings (SSSR count). The SMILES string of the molecule is NCC1CCC(C(=O)NCCc2ccc(Cl)s2)CC1. The molecular weight excluding hydrogens is 280 g/mol.